The Morgan fingerprint density at radius 2 is 1.41 bits per heavy atom. The first kappa shape index (κ1) is 15.1. The molecule has 1 saturated heterocycles. The third-order valence-electron chi connectivity index (χ3n) is 2.53. The lowest BCUT2D eigenvalue weighted by atomic mass is 9.79. The van der Waals surface area contributed by atoms with Gasteiger partial charge in [0.2, 0.25) is 11.8 Å². The van der Waals surface area contributed by atoms with Crippen LogP contribution >= 0.6 is 0 Å². The molecule has 0 aliphatic carbocycles. The van der Waals surface area contributed by atoms with Crippen molar-refractivity contribution in [1.29, 1.82) is 0 Å². The summed E-state index contributed by atoms with van der Waals surface area (Å²) in [7, 11) is 0. The van der Waals surface area contributed by atoms with E-state index in [-0.39, 0.29) is 0 Å². The molecule has 1 rings (SSSR count). The van der Waals surface area contributed by atoms with E-state index < -0.39 is 29.2 Å². The molecule has 1 heterocycles. The maximum absolute atomic E-state index is 11.4. The lowest BCUT2D eigenvalue weighted by molar-refractivity contribution is -0.145. The lowest BCUT2D eigenvalue weighted by Gasteiger charge is -2.31. The van der Waals surface area contributed by atoms with Crippen LogP contribution in [0.1, 0.15) is 33.6 Å². The highest BCUT2D eigenvalue weighted by atomic mass is 16.4. The second-order valence-corrected chi connectivity index (χ2v) is 3.55. The van der Waals surface area contributed by atoms with E-state index in [0.29, 0.717) is 12.8 Å². The quantitative estimate of drug-likeness (QED) is 0.603. The molecule has 0 atom stereocenters. The number of nitrogens with one attached hydrogen (secondary N) is 2. The molecule has 0 radical (unpaired) electrons. The molecule has 0 saturated carbocycles. The predicted octanol–water partition coefficient (Wildman–Crippen LogP) is 0.250. The van der Waals surface area contributed by atoms with E-state index in [2.05, 4.69) is 10.6 Å². The van der Waals surface area contributed by atoms with Gasteiger partial charge in [0.05, 0.1) is 0 Å². The monoisotopic (exact) mass is 244 g/mol. The van der Waals surface area contributed by atoms with Crippen molar-refractivity contribution in [2.45, 2.75) is 33.6 Å². The number of carbonyl (C=O) groups is 4. The van der Waals surface area contributed by atoms with E-state index in [4.69, 9.17) is 9.90 Å². The first-order valence-corrected chi connectivity index (χ1v) is 5.16. The molecular weight excluding hydrogens is 228 g/mol. The molecule has 4 amide bonds. The van der Waals surface area contributed by atoms with Gasteiger partial charge in [-0.05, 0) is 12.8 Å². The number of hydrogen-bond donors (Lipinski definition) is 3. The van der Waals surface area contributed by atoms with Gasteiger partial charge in [-0.25, -0.2) is 4.79 Å². The summed E-state index contributed by atoms with van der Waals surface area (Å²) in [6.45, 7) is 4.58. The minimum Gasteiger partial charge on any atom is -0.481 e. The van der Waals surface area contributed by atoms with Crippen LogP contribution in [-0.4, -0.2) is 28.9 Å². The van der Waals surface area contributed by atoms with Crippen LogP contribution in [0.3, 0.4) is 0 Å². The molecule has 7 nitrogen and oxygen atoms in total. The molecule has 1 aliphatic heterocycles. The van der Waals surface area contributed by atoms with Gasteiger partial charge in [0.25, 0.3) is 5.97 Å². The van der Waals surface area contributed by atoms with Crippen molar-refractivity contribution in [2.75, 3.05) is 0 Å². The second kappa shape index (κ2) is 5.97. The van der Waals surface area contributed by atoms with E-state index >= 15 is 0 Å². The first-order valence-electron chi connectivity index (χ1n) is 5.16. The van der Waals surface area contributed by atoms with E-state index in [1.807, 2.05) is 0 Å². The minimum atomic E-state index is -1.06. The molecule has 3 N–H and O–H groups in total. The van der Waals surface area contributed by atoms with Gasteiger partial charge < -0.3 is 5.11 Å². The standard InChI is InChI=1S/C8H12N2O3.C2H4O2/c1-3-8(4-2)5(11)9-7(13)10-6(8)12;1-2(3)4/h3-4H2,1-2H3,(H2,9,10,11,12,13);1H3,(H,3,4). The van der Waals surface area contributed by atoms with Gasteiger partial charge in [0.1, 0.15) is 5.41 Å². The highest BCUT2D eigenvalue weighted by Crippen LogP contribution is 2.28. The number of aliphatic carboxylic acids is 1. The molecule has 0 unspecified atom stereocenters. The lowest BCUT2D eigenvalue weighted by Crippen LogP contribution is -2.61. The summed E-state index contributed by atoms with van der Waals surface area (Å²) in [6.07, 6.45) is 0.795. The summed E-state index contributed by atoms with van der Waals surface area (Å²) in [5.41, 5.74) is -1.06. The Kier molecular flexibility index (Phi) is 5.30. The zero-order valence-electron chi connectivity index (χ0n) is 9.99. The van der Waals surface area contributed by atoms with Crippen LogP contribution in [0.4, 0.5) is 4.79 Å². The van der Waals surface area contributed by atoms with E-state index in [1.54, 1.807) is 13.8 Å². The van der Waals surface area contributed by atoms with Gasteiger partial charge in [-0.15, -0.1) is 0 Å². The third kappa shape index (κ3) is 3.54. The molecule has 17 heavy (non-hydrogen) atoms. The molecule has 1 fully saturated rings. The number of imide groups is 2. The van der Waals surface area contributed by atoms with Crippen LogP contribution < -0.4 is 10.6 Å². The Bertz CT molecular complexity index is 321. The number of carboxylic acids is 1. The van der Waals surface area contributed by atoms with Crippen LogP contribution in [0.25, 0.3) is 0 Å². The topological polar surface area (TPSA) is 113 Å². The zero-order valence-corrected chi connectivity index (χ0v) is 9.99. The van der Waals surface area contributed by atoms with Crippen molar-refractivity contribution in [3.05, 3.63) is 0 Å². The van der Waals surface area contributed by atoms with Crippen LogP contribution in [0.15, 0.2) is 0 Å². The fourth-order valence-corrected chi connectivity index (χ4v) is 1.47. The van der Waals surface area contributed by atoms with Crippen molar-refractivity contribution >= 4 is 23.8 Å². The maximum Gasteiger partial charge on any atom is 0.328 e. The van der Waals surface area contributed by atoms with Crippen LogP contribution in [0.5, 0.6) is 0 Å². The Labute approximate surface area is 98.6 Å². The molecule has 7 heteroatoms. The normalized spacial score (nSPS) is 17.5. The number of barbiturate groups is 1. The van der Waals surface area contributed by atoms with Crippen molar-refractivity contribution in [2.24, 2.45) is 5.41 Å². The SMILES string of the molecule is CC(=O)O.CCC1(CC)C(=O)NC(=O)NC1=O. The number of rotatable bonds is 2. The van der Waals surface area contributed by atoms with Crippen molar-refractivity contribution in [1.82, 2.24) is 10.6 Å². The molecule has 0 aromatic carbocycles. The maximum atomic E-state index is 11.4. The Balaban J connectivity index is 0.000000557. The highest BCUT2D eigenvalue weighted by Gasteiger charge is 2.47. The van der Waals surface area contributed by atoms with Gasteiger partial charge in [0, 0.05) is 6.92 Å². The van der Waals surface area contributed by atoms with E-state index in [9.17, 15) is 14.4 Å². The van der Waals surface area contributed by atoms with Crippen LogP contribution in [0.2, 0.25) is 0 Å². The Morgan fingerprint density at radius 1 is 1.12 bits per heavy atom. The number of urea groups is 1. The predicted molar refractivity (Wildman–Crippen MR) is 58.0 cm³/mol. The summed E-state index contributed by atoms with van der Waals surface area (Å²) >= 11 is 0. The average Bonchev–Trinajstić information content (AvgIpc) is 2.17. The molecular formula is C10H16N2O5. The molecule has 1 aliphatic rings. The first-order chi connectivity index (χ1) is 7.80. The Morgan fingerprint density at radius 3 is 1.65 bits per heavy atom. The van der Waals surface area contributed by atoms with Gasteiger partial charge in [-0.2, -0.15) is 0 Å². The summed E-state index contributed by atoms with van der Waals surface area (Å²) in [4.78, 5) is 42.6. The summed E-state index contributed by atoms with van der Waals surface area (Å²) < 4.78 is 0. The highest BCUT2D eigenvalue weighted by molar-refractivity contribution is 6.19. The number of carboxylic acid groups (broad SMARTS) is 1. The van der Waals surface area contributed by atoms with Crippen LogP contribution in [0, 0.1) is 5.41 Å². The van der Waals surface area contributed by atoms with E-state index in [1.165, 1.54) is 0 Å². The molecule has 0 aromatic rings. The number of amides is 4. The molecule has 0 bridgehead atoms. The van der Waals surface area contributed by atoms with Crippen LogP contribution in [-0.2, 0) is 14.4 Å². The molecule has 96 valence electrons. The fraction of sp³-hybridized carbons (Fsp3) is 0.600. The average molecular weight is 244 g/mol. The van der Waals surface area contributed by atoms with Gasteiger partial charge in [-0.3, -0.25) is 25.0 Å². The van der Waals surface area contributed by atoms with Crippen molar-refractivity contribution in [3.63, 3.8) is 0 Å². The van der Waals surface area contributed by atoms with Crippen molar-refractivity contribution < 1.29 is 24.3 Å². The second-order valence-electron chi connectivity index (χ2n) is 3.55. The summed E-state index contributed by atoms with van der Waals surface area (Å²) in [5, 5.41) is 11.6. The number of hydrogen-bond acceptors (Lipinski definition) is 4. The third-order valence-corrected chi connectivity index (χ3v) is 2.53. The largest absolute Gasteiger partial charge is 0.481 e. The summed E-state index contributed by atoms with van der Waals surface area (Å²) in [6, 6.07) is -0.729. The smallest absolute Gasteiger partial charge is 0.328 e. The Hall–Kier alpha value is -1.92. The van der Waals surface area contributed by atoms with Gasteiger partial charge >= 0.3 is 6.03 Å². The zero-order chi connectivity index (χ0) is 13.6. The summed E-state index contributed by atoms with van der Waals surface area (Å²) in [5.74, 6) is -1.82. The van der Waals surface area contributed by atoms with Gasteiger partial charge in [-0.1, -0.05) is 13.8 Å². The van der Waals surface area contributed by atoms with Crippen molar-refractivity contribution in [3.8, 4) is 0 Å². The fourth-order valence-electron chi connectivity index (χ4n) is 1.47. The molecule has 0 spiro atoms. The number of carbonyl (C=O) groups excluding carboxylic acids is 3. The minimum absolute atomic E-state index is 0.397. The van der Waals surface area contributed by atoms with E-state index in [0.717, 1.165) is 6.92 Å². The van der Waals surface area contributed by atoms with Gasteiger partial charge in [0.15, 0.2) is 0 Å². The molecule has 0 aromatic heterocycles.